The van der Waals surface area contributed by atoms with E-state index in [4.69, 9.17) is 10.5 Å². The zero-order valence-corrected chi connectivity index (χ0v) is 11.0. The Morgan fingerprint density at radius 3 is 2.58 bits per heavy atom. The number of nitrogens with two attached hydrogens (primary N) is 1. The predicted molar refractivity (Wildman–Crippen MR) is 76.3 cm³/mol. The van der Waals surface area contributed by atoms with E-state index >= 15 is 0 Å². The second-order valence-corrected chi connectivity index (χ2v) is 4.59. The number of ether oxygens (including phenoxy) is 1. The lowest BCUT2D eigenvalue weighted by Crippen LogP contribution is -2.06. The van der Waals surface area contributed by atoms with Crippen LogP contribution < -0.4 is 15.8 Å². The lowest BCUT2D eigenvalue weighted by atomic mass is 10.2. The molecule has 0 aliphatic heterocycles. The average molecular weight is 260 g/mol. The van der Waals surface area contributed by atoms with Crippen molar-refractivity contribution in [3.63, 3.8) is 0 Å². The summed E-state index contributed by atoms with van der Waals surface area (Å²) in [4.78, 5) is 0. The highest BCUT2D eigenvalue weighted by molar-refractivity contribution is 5.66. The standard InChI is InChI=1S/C15H17FN2O/c1-10(2)19-15-8-12(17)7-14(9-15)18-13-5-3-4-11(16)6-13/h3-10,18H,17H2,1-2H3. The number of rotatable bonds is 4. The molecule has 2 aromatic rings. The second-order valence-electron chi connectivity index (χ2n) is 4.59. The van der Waals surface area contributed by atoms with Crippen LogP contribution in [-0.2, 0) is 0 Å². The monoisotopic (exact) mass is 260 g/mol. The van der Waals surface area contributed by atoms with Gasteiger partial charge in [-0.1, -0.05) is 6.07 Å². The topological polar surface area (TPSA) is 47.3 Å². The third kappa shape index (κ3) is 3.88. The Bertz CT molecular complexity index is 570. The summed E-state index contributed by atoms with van der Waals surface area (Å²) in [6, 6.07) is 11.6. The smallest absolute Gasteiger partial charge is 0.125 e. The Morgan fingerprint density at radius 2 is 1.89 bits per heavy atom. The summed E-state index contributed by atoms with van der Waals surface area (Å²) in [5.74, 6) is 0.404. The lowest BCUT2D eigenvalue weighted by molar-refractivity contribution is 0.242. The predicted octanol–water partition coefficient (Wildman–Crippen LogP) is 3.94. The van der Waals surface area contributed by atoms with Crippen LogP contribution >= 0.6 is 0 Å². The summed E-state index contributed by atoms with van der Waals surface area (Å²) < 4.78 is 18.7. The molecular formula is C15H17FN2O. The minimum atomic E-state index is -0.285. The quantitative estimate of drug-likeness (QED) is 0.818. The van der Waals surface area contributed by atoms with Crippen molar-refractivity contribution in [1.82, 2.24) is 0 Å². The molecule has 4 heteroatoms. The molecule has 3 nitrogen and oxygen atoms in total. The van der Waals surface area contributed by atoms with Gasteiger partial charge in [-0.05, 0) is 38.1 Å². The molecule has 3 N–H and O–H groups in total. The van der Waals surface area contributed by atoms with Gasteiger partial charge in [-0.3, -0.25) is 0 Å². The summed E-state index contributed by atoms with van der Waals surface area (Å²) in [6.07, 6.45) is 0.0730. The summed E-state index contributed by atoms with van der Waals surface area (Å²) in [6.45, 7) is 3.89. The Morgan fingerprint density at radius 1 is 1.11 bits per heavy atom. The molecule has 2 aromatic carbocycles. The molecule has 100 valence electrons. The van der Waals surface area contributed by atoms with Gasteiger partial charge in [0.15, 0.2) is 0 Å². The van der Waals surface area contributed by atoms with Gasteiger partial charge in [-0.25, -0.2) is 4.39 Å². The van der Waals surface area contributed by atoms with Crippen molar-refractivity contribution in [2.24, 2.45) is 0 Å². The molecule has 0 saturated heterocycles. The average Bonchev–Trinajstić information content (AvgIpc) is 2.26. The number of hydrogen-bond donors (Lipinski definition) is 2. The zero-order chi connectivity index (χ0) is 13.8. The van der Waals surface area contributed by atoms with E-state index in [1.54, 1.807) is 24.3 Å². The van der Waals surface area contributed by atoms with Gasteiger partial charge in [0.1, 0.15) is 11.6 Å². The molecule has 0 unspecified atom stereocenters. The van der Waals surface area contributed by atoms with Gasteiger partial charge in [0.25, 0.3) is 0 Å². The fraction of sp³-hybridized carbons (Fsp3) is 0.200. The Kier molecular flexibility index (Phi) is 3.90. The fourth-order valence-corrected chi connectivity index (χ4v) is 1.77. The first-order valence-electron chi connectivity index (χ1n) is 6.13. The van der Waals surface area contributed by atoms with Crippen molar-refractivity contribution in [1.29, 1.82) is 0 Å². The number of halogens is 1. The van der Waals surface area contributed by atoms with Crippen molar-refractivity contribution in [2.45, 2.75) is 20.0 Å². The maximum atomic E-state index is 13.1. The van der Waals surface area contributed by atoms with Gasteiger partial charge in [0.05, 0.1) is 6.10 Å². The van der Waals surface area contributed by atoms with Crippen LogP contribution in [0.3, 0.4) is 0 Å². The Hall–Kier alpha value is -2.23. The highest BCUT2D eigenvalue weighted by Gasteiger charge is 2.03. The van der Waals surface area contributed by atoms with Gasteiger partial charge in [-0.15, -0.1) is 0 Å². The molecule has 0 aliphatic rings. The third-order valence-electron chi connectivity index (χ3n) is 2.41. The van der Waals surface area contributed by atoms with E-state index in [0.29, 0.717) is 17.1 Å². The minimum Gasteiger partial charge on any atom is -0.491 e. The van der Waals surface area contributed by atoms with Gasteiger partial charge >= 0.3 is 0 Å². The summed E-state index contributed by atoms with van der Waals surface area (Å²) in [5.41, 5.74) is 7.85. The van der Waals surface area contributed by atoms with Crippen LogP contribution in [0.2, 0.25) is 0 Å². The molecule has 0 saturated carbocycles. The molecule has 19 heavy (non-hydrogen) atoms. The molecule has 0 radical (unpaired) electrons. The van der Waals surface area contributed by atoms with Crippen LogP contribution in [0.4, 0.5) is 21.5 Å². The largest absolute Gasteiger partial charge is 0.491 e. The number of hydrogen-bond acceptors (Lipinski definition) is 3. The van der Waals surface area contributed by atoms with Gasteiger partial charge in [0, 0.05) is 29.2 Å². The van der Waals surface area contributed by atoms with E-state index in [9.17, 15) is 4.39 Å². The molecule has 0 aliphatic carbocycles. The molecule has 0 fully saturated rings. The summed E-state index contributed by atoms with van der Waals surface area (Å²) in [5, 5.41) is 3.10. The number of anilines is 3. The van der Waals surface area contributed by atoms with E-state index in [1.165, 1.54) is 12.1 Å². The van der Waals surface area contributed by atoms with E-state index in [2.05, 4.69) is 5.32 Å². The lowest BCUT2D eigenvalue weighted by Gasteiger charge is -2.13. The van der Waals surface area contributed by atoms with Gasteiger partial charge in [-0.2, -0.15) is 0 Å². The first-order chi connectivity index (χ1) is 9.02. The molecular weight excluding hydrogens is 243 g/mol. The van der Waals surface area contributed by atoms with Crippen molar-refractivity contribution < 1.29 is 9.13 Å². The Labute approximate surface area is 112 Å². The van der Waals surface area contributed by atoms with Crippen LogP contribution in [-0.4, -0.2) is 6.10 Å². The van der Waals surface area contributed by atoms with Crippen molar-refractivity contribution in [3.8, 4) is 5.75 Å². The van der Waals surface area contributed by atoms with Crippen LogP contribution in [0, 0.1) is 5.82 Å². The first kappa shape index (κ1) is 13.2. The number of nitrogens with one attached hydrogen (secondary N) is 1. The van der Waals surface area contributed by atoms with Gasteiger partial charge in [0.2, 0.25) is 0 Å². The number of benzene rings is 2. The fourth-order valence-electron chi connectivity index (χ4n) is 1.77. The second kappa shape index (κ2) is 5.61. The molecule has 0 amide bonds. The summed E-state index contributed by atoms with van der Waals surface area (Å²) in [7, 11) is 0. The maximum Gasteiger partial charge on any atom is 0.125 e. The highest BCUT2D eigenvalue weighted by Crippen LogP contribution is 2.26. The summed E-state index contributed by atoms with van der Waals surface area (Å²) >= 11 is 0. The van der Waals surface area contributed by atoms with Gasteiger partial charge < -0.3 is 15.8 Å². The highest BCUT2D eigenvalue weighted by atomic mass is 19.1. The van der Waals surface area contributed by atoms with E-state index in [1.807, 2.05) is 19.9 Å². The first-order valence-corrected chi connectivity index (χ1v) is 6.13. The zero-order valence-electron chi connectivity index (χ0n) is 11.0. The van der Waals surface area contributed by atoms with Crippen LogP contribution in [0.25, 0.3) is 0 Å². The Balaban J connectivity index is 2.22. The molecule has 0 bridgehead atoms. The minimum absolute atomic E-state index is 0.0730. The van der Waals surface area contributed by atoms with E-state index < -0.39 is 0 Å². The van der Waals surface area contributed by atoms with Crippen molar-refractivity contribution in [3.05, 3.63) is 48.3 Å². The SMILES string of the molecule is CC(C)Oc1cc(N)cc(Nc2cccc(F)c2)c1. The molecule has 0 atom stereocenters. The van der Waals surface area contributed by atoms with Crippen LogP contribution in [0.15, 0.2) is 42.5 Å². The van der Waals surface area contributed by atoms with Crippen molar-refractivity contribution >= 4 is 17.1 Å². The molecule has 0 spiro atoms. The third-order valence-corrected chi connectivity index (χ3v) is 2.41. The van der Waals surface area contributed by atoms with E-state index in [0.717, 1.165) is 5.69 Å². The molecule has 0 heterocycles. The maximum absolute atomic E-state index is 13.1. The normalized spacial score (nSPS) is 10.5. The number of nitrogen functional groups attached to an aromatic ring is 1. The van der Waals surface area contributed by atoms with Crippen LogP contribution in [0.5, 0.6) is 5.75 Å². The van der Waals surface area contributed by atoms with Crippen LogP contribution in [0.1, 0.15) is 13.8 Å². The van der Waals surface area contributed by atoms with E-state index in [-0.39, 0.29) is 11.9 Å². The van der Waals surface area contributed by atoms with Crippen molar-refractivity contribution in [2.75, 3.05) is 11.1 Å². The molecule has 0 aromatic heterocycles. The molecule has 2 rings (SSSR count).